The Balaban J connectivity index is 2.99. The van der Waals surface area contributed by atoms with Crippen LogP contribution in [0.25, 0.3) is 0 Å². The molecule has 0 heterocycles. The molecule has 0 spiro atoms. The van der Waals surface area contributed by atoms with Crippen LogP contribution < -0.4 is 0 Å². The summed E-state index contributed by atoms with van der Waals surface area (Å²) in [6.07, 6.45) is 0.222. The normalized spacial score (nSPS) is 11.2. The number of likely N-dealkylation sites (N-methyl/N-ethyl adjacent to an activating group) is 1. The number of amides is 1. The zero-order valence-electron chi connectivity index (χ0n) is 10.3. The van der Waals surface area contributed by atoms with Crippen molar-refractivity contribution in [1.29, 1.82) is 0 Å². The maximum atomic E-state index is 11.7. The Morgan fingerprint density at radius 3 is 2.47 bits per heavy atom. The van der Waals surface area contributed by atoms with Gasteiger partial charge in [0.15, 0.2) is 9.84 Å². The summed E-state index contributed by atoms with van der Waals surface area (Å²) in [6, 6.07) is 6.56. The minimum Gasteiger partial charge on any atom is -0.349 e. The van der Waals surface area contributed by atoms with E-state index >= 15 is 0 Å². The lowest BCUT2D eigenvalue weighted by molar-refractivity contribution is -0.127. The second-order valence-corrected chi connectivity index (χ2v) is 6.29. The van der Waals surface area contributed by atoms with Crippen LogP contribution in [-0.4, -0.2) is 39.1 Å². The maximum Gasteiger partial charge on any atom is 0.226 e. The van der Waals surface area contributed by atoms with Crippen molar-refractivity contribution in [3.05, 3.63) is 29.8 Å². The fourth-order valence-corrected chi connectivity index (χ4v) is 2.30. The number of hydrogen-bond acceptors (Lipinski definition) is 3. The summed E-state index contributed by atoms with van der Waals surface area (Å²) in [5, 5.41) is 0. The lowest BCUT2D eigenvalue weighted by atomic mass is 10.1. The van der Waals surface area contributed by atoms with E-state index in [0.717, 1.165) is 5.56 Å². The Morgan fingerprint density at radius 1 is 1.29 bits per heavy atom. The van der Waals surface area contributed by atoms with E-state index in [-0.39, 0.29) is 23.0 Å². The Kier molecular flexibility index (Phi) is 4.28. The van der Waals surface area contributed by atoms with Crippen LogP contribution in [-0.2, 0) is 21.1 Å². The molecule has 4 nitrogen and oxygen atoms in total. The minimum absolute atomic E-state index is 0.0453. The quantitative estimate of drug-likeness (QED) is 0.810. The lowest BCUT2D eigenvalue weighted by Crippen LogP contribution is -2.23. The van der Waals surface area contributed by atoms with Crippen LogP contribution >= 0.6 is 0 Å². The smallest absolute Gasteiger partial charge is 0.226 e. The molecule has 0 aliphatic heterocycles. The van der Waals surface area contributed by atoms with Gasteiger partial charge < -0.3 is 4.90 Å². The summed E-state index contributed by atoms with van der Waals surface area (Å²) in [5.74, 6) is 0.0222. The van der Waals surface area contributed by atoms with E-state index in [9.17, 15) is 13.2 Å². The summed E-state index contributed by atoms with van der Waals surface area (Å²) in [7, 11) is 0.149. The Labute approximate surface area is 102 Å². The molecule has 0 aromatic heterocycles. The zero-order chi connectivity index (χ0) is 13.1. The van der Waals surface area contributed by atoms with Crippen molar-refractivity contribution in [3.63, 3.8) is 0 Å². The number of hydrogen-bond donors (Lipinski definition) is 0. The Bertz CT molecular complexity index is 506. The Hall–Kier alpha value is -1.36. The topological polar surface area (TPSA) is 54.5 Å². The molecule has 0 bridgehead atoms. The molecule has 0 unspecified atom stereocenters. The van der Waals surface area contributed by atoms with Gasteiger partial charge in [-0.15, -0.1) is 0 Å². The molecule has 0 aliphatic rings. The molecule has 1 aromatic carbocycles. The van der Waals surface area contributed by atoms with Gasteiger partial charge in [-0.25, -0.2) is 8.42 Å². The number of carbonyl (C=O) groups is 1. The van der Waals surface area contributed by atoms with Crippen molar-refractivity contribution in [2.75, 3.05) is 19.8 Å². The highest BCUT2D eigenvalue weighted by molar-refractivity contribution is 7.91. The number of benzene rings is 1. The predicted octanol–water partition coefficient (Wildman–Crippen LogP) is 1.11. The van der Waals surface area contributed by atoms with Gasteiger partial charge in [0.2, 0.25) is 5.91 Å². The number of rotatable bonds is 4. The maximum absolute atomic E-state index is 11.7. The minimum atomic E-state index is -3.20. The van der Waals surface area contributed by atoms with E-state index in [4.69, 9.17) is 0 Å². The van der Waals surface area contributed by atoms with Gasteiger partial charge in [0.05, 0.1) is 17.1 Å². The van der Waals surface area contributed by atoms with Crippen LogP contribution in [0.15, 0.2) is 29.2 Å². The van der Waals surface area contributed by atoms with Crippen molar-refractivity contribution in [1.82, 2.24) is 4.90 Å². The fraction of sp³-hybridized carbons (Fsp3) is 0.417. The largest absolute Gasteiger partial charge is 0.349 e. The molecule has 0 saturated heterocycles. The van der Waals surface area contributed by atoms with E-state index in [1.165, 1.54) is 4.90 Å². The van der Waals surface area contributed by atoms with Crippen LogP contribution in [0.2, 0.25) is 0 Å². The van der Waals surface area contributed by atoms with Crippen LogP contribution in [0.5, 0.6) is 0 Å². The second kappa shape index (κ2) is 5.31. The van der Waals surface area contributed by atoms with Crippen molar-refractivity contribution >= 4 is 15.7 Å². The van der Waals surface area contributed by atoms with Gasteiger partial charge in [-0.1, -0.05) is 19.1 Å². The number of sulfone groups is 1. The van der Waals surface area contributed by atoms with Crippen LogP contribution in [0.4, 0.5) is 0 Å². The van der Waals surface area contributed by atoms with Crippen LogP contribution in [0, 0.1) is 0 Å². The highest BCUT2D eigenvalue weighted by atomic mass is 32.2. The molecule has 0 aliphatic carbocycles. The van der Waals surface area contributed by atoms with E-state index in [1.54, 1.807) is 45.3 Å². The van der Waals surface area contributed by atoms with Gasteiger partial charge in [0, 0.05) is 14.1 Å². The molecule has 0 saturated carbocycles. The standard InChI is InChI=1S/C12H17NO3S/c1-4-17(15,16)11-7-5-6-10(8-11)9-12(14)13(2)3/h5-8H,4,9H2,1-3H3. The molecular formula is C12H17NO3S. The molecule has 1 amide bonds. The summed E-state index contributed by atoms with van der Waals surface area (Å²) in [4.78, 5) is 13.3. The first-order chi connectivity index (χ1) is 7.86. The predicted molar refractivity (Wildman–Crippen MR) is 66.6 cm³/mol. The van der Waals surface area contributed by atoms with Crippen molar-refractivity contribution in [2.24, 2.45) is 0 Å². The molecular weight excluding hydrogens is 238 g/mol. The third-order valence-corrected chi connectivity index (χ3v) is 4.22. The first kappa shape index (κ1) is 13.7. The molecule has 94 valence electrons. The highest BCUT2D eigenvalue weighted by Gasteiger charge is 2.13. The molecule has 17 heavy (non-hydrogen) atoms. The summed E-state index contributed by atoms with van der Waals surface area (Å²) >= 11 is 0. The van der Waals surface area contributed by atoms with Gasteiger partial charge >= 0.3 is 0 Å². The summed E-state index contributed by atoms with van der Waals surface area (Å²) in [5.41, 5.74) is 0.721. The summed E-state index contributed by atoms with van der Waals surface area (Å²) < 4.78 is 23.4. The average Bonchev–Trinajstić information content (AvgIpc) is 2.29. The van der Waals surface area contributed by atoms with E-state index < -0.39 is 9.84 Å². The summed E-state index contributed by atoms with van der Waals surface area (Å²) in [6.45, 7) is 1.60. The first-order valence-corrected chi connectivity index (χ1v) is 7.04. The molecule has 0 radical (unpaired) electrons. The molecule has 1 aromatic rings. The van der Waals surface area contributed by atoms with Crippen LogP contribution in [0.3, 0.4) is 0 Å². The fourth-order valence-electron chi connectivity index (χ4n) is 1.35. The second-order valence-electron chi connectivity index (χ2n) is 4.02. The van der Waals surface area contributed by atoms with Crippen molar-refractivity contribution in [3.8, 4) is 0 Å². The highest BCUT2D eigenvalue weighted by Crippen LogP contribution is 2.14. The molecule has 1 rings (SSSR count). The van der Waals surface area contributed by atoms with E-state index in [0.29, 0.717) is 0 Å². The van der Waals surface area contributed by atoms with Crippen molar-refractivity contribution in [2.45, 2.75) is 18.2 Å². The van der Waals surface area contributed by atoms with Gasteiger partial charge in [-0.3, -0.25) is 4.79 Å². The average molecular weight is 255 g/mol. The SMILES string of the molecule is CCS(=O)(=O)c1cccc(CC(=O)N(C)C)c1. The third-order valence-electron chi connectivity index (χ3n) is 2.49. The molecule has 0 atom stereocenters. The van der Waals surface area contributed by atoms with Gasteiger partial charge in [0.1, 0.15) is 0 Å². The Morgan fingerprint density at radius 2 is 1.94 bits per heavy atom. The first-order valence-electron chi connectivity index (χ1n) is 5.38. The van der Waals surface area contributed by atoms with E-state index in [1.807, 2.05) is 0 Å². The van der Waals surface area contributed by atoms with Gasteiger partial charge in [-0.2, -0.15) is 0 Å². The van der Waals surface area contributed by atoms with Crippen molar-refractivity contribution < 1.29 is 13.2 Å². The lowest BCUT2D eigenvalue weighted by Gasteiger charge is -2.10. The molecule has 0 N–H and O–H groups in total. The van der Waals surface area contributed by atoms with Gasteiger partial charge in [-0.05, 0) is 17.7 Å². The molecule has 5 heteroatoms. The monoisotopic (exact) mass is 255 g/mol. The number of carbonyl (C=O) groups excluding carboxylic acids is 1. The van der Waals surface area contributed by atoms with Crippen LogP contribution in [0.1, 0.15) is 12.5 Å². The number of nitrogens with zero attached hydrogens (tertiary/aromatic N) is 1. The van der Waals surface area contributed by atoms with E-state index in [2.05, 4.69) is 0 Å². The molecule has 0 fully saturated rings. The third kappa shape index (κ3) is 3.56. The zero-order valence-corrected chi connectivity index (χ0v) is 11.1. The van der Waals surface area contributed by atoms with Gasteiger partial charge in [0.25, 0.3) is 0 Å².